The Morgan fingerprint density at radius 2 is 2.07 bits per heavy atom. The molecule has 0 amide bonds. The number of ether oxygens (including phenoxy) is 3. The molecule has 2 aliphatic rings. The summed E-state index contributed by atoms with van der Waals surface area (Å²) in [5, 5.41) is 10.1. The highest BCUT2D eigenvalue weighted by Crippen LogP contribution is 2.37. The Bertz CT molecular complexity index is 234. The van der Waals surface area contributed by atoms with E-state index in [0.29, 0.717) is 6.61 Å². The van der Waals surface area contributed by atoms with Gasteiger partial charge in [-0.15, -0.1) is 0 Å². The zero-order valence-corrected chi connectivity index (χ0v) is 8.57. The van der Waals surface area contributed by atoms with Gasteiger partial charge in [0.1, 0.15) is 12.7 Å². The van der Waals surface area contributed by atoms with Crippen LogP contribution in [0.25, 0.3) is 0 Å². The topological polar surface area (TPSA) is 64.7 Å². The summed E-state index contributed by atoms with van der Waals surface area (Å²) < 4.78 is 15.7. The molecule has 1 heterocycles. The third kappa shape index (κ3) is 2.60. The van der Waals surface area contributed by atoms with E-state index < -0.39 is 11.9 Å². The lowest BCUT2D eigenvalue weighted by Crippen LogP contribution is -2.34. The normalized spacial score (nSPS) is 29.2. The summed E-state index contributed by atoms with van der Waals surface area (Å²) in [5.74, 6) is -0.460. The number of hydrogen-bond acceptors (Lipinski definition) is 4. The minimum Gasteiger partial charge on any atom is -0.429 e. The Morgan fingerprint density at radius 3 is 2.73 bits per heavy atom. The molecule has 1 saturated carbocycles. The molecule has 5 heteroatoms. The molecule has 0 N–H and O–H groups in total. The Labute approximate surface area is 88.3 Å². The van der Waals surface area contributed by atoms with Crippen LogP contribution in [0.2, 0.25) is 0 Å². The summed E-state index contributed by atoms with van der Waals surface area (Å²) in [6.45, 7) is 0.414. The van der Waals surface area contributed by atoms with E-state index in [4.69, 9.17) is 9.47 Å². The van der Waals surface area contributed by atoms with Crippen molar-refractivity contribution in [3.05, 3.63) is 0 Å². The fourth-order valence-electron chi connectivity index (χ4n) is 2.21. The monoisotopic (exact) mass is 215 g/mol. The molecule has 2 rings (SSSR count). The van der Waals surface area contributed by atoms with Gasteiger partial charge in [0.05, 0.1) is 6.61 Å². The van der Waals surface area contributed by atoms with Gasteiger partial charge in [0.25, 0.3) is 0 Å². The SMILES string of the molecule is [O]C(=O)OCC1COC2(CCCCC2)O1. The van der Waals surface area contributed by atoms with Crippen molar-refractivity contribution in [2.24, 2.45) is 0 Å². The van der Waals surface area contributed by atoms with Crippen LogP contribution in [0.5, 0.6) is 0 Å². The van der Waals surface area contributed by atoms with Gasteiger partial charge in [-0.25, -0.2) is 0 Å². The molecule has 2 fully saturated rings. The average Bonchev–Trinajstić information content (AvgIpc) is 2.60. The van der Waals surface area contributed by atoms with Crippen molar-refractivity contribution in [1.82, 2.24) is 0 Å². The van der Waals surface area contributed by atoms with Gasteiger partial charge in [-0.1, -0.05) is 6.42 Å². The zero-order valence-electron chi connectivity index (χ0n) is 8.57. The molecule has 85 valence electrons. The van der Waals surface area contributed by atoms with Crippen LogP contribution in [0.1, 0.15) is 32.1 Å². The van der Waals surface area contributed by atoms with Crippen molar-refractivity contribution in [2.45, 2.75) is 44.0 Å². The standard InChI is InChI=1S/C10H15O5/c11-9(12)13-6-8-7-14-10(15-8)4-2-1-3-5-10/h8H,1-7H2. The van der Waals surface area contributed by atoms with Crippen LogP contribution in [0.3, 0.4) is 0 Å². The molecule has 1 radical (unpaired) electrons. The third-order valence-corrected chi connectivity index (χ3v) is 2.92. The lowest BCUT2D eigenvalue weighted by molar-refractivity contribution is -0.190. The predicted molar refractivity (Wildman–Crippen MR) is 48.7 cm³/mol. The molecule has 1 atom stereocenters. The maximum Gasteiger partial charge on any atom is 0.550 e. The molecule has 0 aromatic carbocycles. The van der Waals surface area contributed by atoms with Gasteiger partial charge >= 0.3 is 6.16 Å². The molecule has 1 unspecified atom stereocenters. The molecule has 5 nitrogen and oxygen atoms in total. The Kier molecular flexibility index (Phi) is 3.11. The molecule has 1 aliphatic carbocycles. The van der Waals surface area contributed by atoms with Crippen molar-refractivity contribution >= 4 is 6.16 Å². The lowest BCUT2D eigenvalue weighted by Gasteiger charge is -2.31. The average molecular weight is 215 g/mol. The second kappa shape index (κ2) is 4.37. The fraction of sp³-hybridized carbons (Fsp3) is 0.900. The third-order valence-electron chi connectivity index (χ3n) is 2.92. The fourth-order valence-corrected chi connectivity index (χ4v) is 2.21. The van der Waals surface area contributed by atoms with Crippen molar-refractivity contribution in [2.75, 3.05) is 13.2 Å². The Morgan fingerprint density at radius 1 is 1.33 bits per heavy atom. The maximum absolute atomic E-state index is 10.1. The predicted octanol–water partition coefficient (Wildman–Crippen LogP) is 1.63. The highest BCUT2D eigenvalue weighted by molar-refractivity contribution is 5.56. The van der Waals surface area contributed by atoms with Crippen molar-refractivity contribution < 1.29 is 24.1 Å². The molecule has 0 bridgehead atoms. The number of carbonyl (C=O) groups excluding carboxylic acids is 1. The van der Waals surface area contributed by atoms with Gasteiger partial charge in [0.15, 0.2) is 5.79 Å². The highest BCUT2D eigenvalue weighted by Gasteiger charge is 2.42. The van der Waals surface area contributed by atoms with Gasteiger partial charge in [0, 0.05) is 12.8 Å². The first-order valence-corrected chi connectivity index (χ1v) is 5.36. The van der Waals surface area contributed by atoms with Gasteiger partial charge < -0.3 is 14.2 Å². The van der Waals surface area contributed by atoms with Gasteiger partial charge in [-0.05, 0) is 12.8 Å². The van der Waals surface area contributed by atoms with E-state index in [-0.39, 0.29) is 12.7 Å². The van der Waals surface area contributed by atoms with Crippen molar-refractivity contribution in [3.8, 4) is 0 Å². The summed E-state index contributed by atoms with van der Waals surface area (Å²) in [4.78, 5) is 10.1. The highest BCUT2D eigenvalue weighted by atomic mass is 16.8. The number of hydrogen-bond donors (Lipinski definition) is 0. The van der Waals surface area contributed by atoms with Crippen LogP contribution in [-0.2, 0) is 19.3 Å². The molecular weight excluding hydrogens is 200 g/mol. The first-order valence-electron chi connectivity index (χ1n) is 5.36. The molecule has 1 saturated heterocycles. The van der Waals surface area contributed by atoms with Crippen LogP contribution in [0.15, 0.2) is 0 Å². The van der Waals surface area contributed by atoms with Gasteiger partial charge in [-0.2, -0.15) is 9.90 Å². The van der Waals surface area contributed by atoms with Crippen LogP contribution in [0, 0.1) is 0 Å². The Balaban J connectivity index is 1.80. The van der Waals surface area contributed by atoms with E-state index in [2.05, 4.69) is 4.74 Å². The smallest absolute Gasteiger partial charge is 0.429 e. The van der Waals surface area contributed by atoms with Gasteiger partial charge in [0.2, 0.25) is 0 Å². The minimum atomic E-state index is -1.51. The summed E-state index contributed by atoms with van der Waals surface area (Å²) >= 11 is 0. The van der Waals surface area contributed by atoms with E-state index in [1.54, 1.807) is 0 Å². The summed E-state index contributed by atoms with van der Waals surface area (Å²) in [7, 11) is 0. The number of carbonyl (C=O) groups is 1. The molecule has 1 spiro atoms. The quantitative estimate of drug-likeness (QED) is 0.656. The second-order valence-corrected chi connectivity index (χ2v) is 4.08. The summed E-state index contributed by atoms with van der Waals surface area (Å²) in [5.41, 5.74) is 0. The lowest BCUT2D eigenvalue weighted by atomic mass is 9.94. The van der Waals surface area contributed by atoms with Gasteiger partial charge in [-0.3, -0.25) is 0 Å². The van der Waals surface area contributed by atoms with Crippen molar-refractivity contribution in [1.29, 1.82) is 0 Å². The van der Waals surface area contributed by atoms with Crippen molar-refractivity contribution in [3.63, 3.8) is 0 Å². The first-order chi connectivity index (χ1) is 7.20. The molecule has 0 aromatic heterocycles. The maximum atomic E-state index is 10.1. The van der Waals surface area contributed by atoms with Crippen LogP contribution < -0.4 is 0 Å². The van der Waals surface area contributed by atoms with E-state index >= 15 is 0 Å². The van der Waals surface area contributed by atoms with Crippen LogP contribution in [-0.4, -0.2) is 31.3 Å². The first kappa shape index (κ1) is 10.7. The molecule has 15 heavy (non-hydrogen) atoms. The van der Waals surface area contributed by atoms with E-state index in [9.17, 15) is 9.90 Å². The van der Waals surface area contributed by atoms with E-state index in [0.717, 1.165) is 25.7 Å². The summed E-state index contributed by atoms with van der Waals surface area (Å²) in [6, 6.07) is 0. The number of rotatable bonds is 2. The van der Waals surface area contributed by atoms with E-state index in [1.807, 2.05) is 0 Å². The summed E-state index contributed by atoms with van der Waals surface area (Å²) in [6.07, 6.45) is 3.43. The second-order valence-electron chi connectivity index (χ2n) is 4.08. The molecule has 0 aromatic rings. The van der Waals surface area contributed by atoms with E-state index in [1.165, 1.54) is 6.42 Å². The molecule has 1 aliphatic heterocycles. The van der Waals surface area contributed by atoms with Crippen LogP contribution >= 0.6 is 0 Å². The minimum absolute atomic E-state index is 0.00405. The largest absolute Gasteiger partial charge is 0.550 e. The Hall–Kier alpha value is -0.810. The van der Waals surface area contributed by atoms with Crippen LogP contribution in [0.4, 0.5) is 4.79 Å². The zero-order chi connectivity index (χ0) is 10.7. The molecular formula is C10H15O5.